The second kappa shape index (κ2) is 15.4. The molecule has 258 valence electrons. The SMILES string of the molecule is Cc1c(Nc2ccc(S(=O)N3CCN(CCCCNC(=O)OC(C)(C)C)CC3)cc2F)nc2ccc(/C(C=NC3CC3)=C/N)cn2c1=O. The van der Waals surface area contributed by atoms with Crippen LogP contribution in [0.5, 0.6) is 0 Å². The number of alkyl carbamates (subject to hydrolysis) is 1. The van der Waals surface area contributed by atoms with Gasteiger partial charge in [-0.25, -0.2) is 22.7 Å². The van der Waals surface area contributed by atoms with Crippen LogP contribution in [0.15, 0.2) is 57.4 Å². The molecule has 2 aliphatic rings. The summed E-state index contributed by atoms with van der Waals surface area (Å²) >= 11 is 0. The van der Waals surface area contributed by atoms with Gasteiger partial charge in [0, 0.05) is 62.5 Å². The van der Waals surface area contributed by atoms with Gasteiger partial charge in [0.1, 0.15) is 33.9 Å². The number of pyridine rings is 1. The van der Waals surface area contributed by atoms with E-state index in [1.54, 1.807) is 31.5 Å². The van der Waals surface area contributed by atoms with Crippen molar-refractivity contribution in [2.75, 3.05) is 44.6 Å². The molecule has 1 unspecified atom stereocenters. The number of ether oxygens (including phenoxy) is 1. The number of nitrogens with two attached hydrogens (primary N) is 1. The highest BCUT2D eigenvalue weighted by Crippen LogP contribution is 2.26. The number of benzene rings is 1. The maximum Gasteiger partial charge on any atom is 0.407 e. The Labute approximate surface area is 282 Å². The number of hydrogen-bond acceptors (Lipinski definition) is 9. The van der Waals surface area contributed by atoms with E-state index in [-0.39, 0.29) is 17.1 Å². The fourth-order valence-electron chi connectivity index (χ4n) is 5.21. The minimum atomic E-state index is -1.52. The first-order chi connectivity index (χ1) is 22.9. The Morgan fingerprint density at radius 3 is 2.58 bits per heavy atom. The zero-order valence-electron chi connectivity index (χ0n) is 28.0. The summed E-state index contributed by atoms with van der Waals surface area (Å²) in [7, 11) is -1.52. The van der Waals surface area contributed by atoms with Crippen LogP contribution in [0, 0.1) is 12.7 Å². The summed E-state index contributed by atoms with van der Waals surface area (Å²) in [4.78, 5) is 36.8. The van der Waals surface area contributed by atoms with E-state index in [0.717, 1.165) is 50.9 Å². The lowest BCUT2D eigenvalue weighted by molar-refractivity contribution is 0.0526. The van der Waals surface area contributed by atoms with E-state index in [9.17, 15) is 13.8 Å². The van der Waals surface area contributed by atoms with Crippen LogP contribution in [0.2, 0.25) is 0 Å². The van der Waals surface area contributed by atoms with Crippen LogP contribution in [0.4, 0.5) is 20.7 Å². The largest absolute Gasteiger partial charge is 0.444 e. The molecule has 1 atom stereocenters. The minimum Gasteiger partial charge on any atom is -0.444 e. The van der Waals surface area contributed by atoms with Gasteiger partial charge in [0.25, 0.3) is 5.56 Å². The molecule has 1 amide bonds. The summed E-state index contributed by atoms with van der Waals surface area (Å²) in [5.74, 6) is -0.356. The number of hydrogen-bond donors (Lipinski definition) is 3. The van der Waals surface area contributed by atoms with Crippen LogP contribution in [-0.4, -0.2) is 86.0 Å². The van der Waals surface area contributed by atoms with Gasteiger partial charge in [0.05, 0.1) is 22.2 Å². The second-order valence-corrected chi connectivity index (χ2v) is 14.6. The molecule has 14 heteroatoms. The van der Waals surface area contributed by atoms with E-state index in [2.05, 4.69) is 25.5 Å². The third-order valence-electron chi connectivity index (χ3n) is 8.06. The van der Waals surface area contributed by atoms with E-state index in [4.69, 9.17) is 10.5 Å². The Bertz CT molecular complexity index is 1780. The van der Waals surface area contributed by atoms with Crippen LogP contribution in [0.25, 0.3) is 11.2 Å². The molecule has 4 N–H and O–H groups in total. The predicted octanol–water partition coefficient (Wildman–Crippen LogP) is 4.36. The molecule has 0 spiro atoms. The molecule has 1 aliphatic carbocycles. The molecule has 1 aliphatic heterocycles. The average molecular weight is 681 g/mol. The molecule has 2 aromatic heterocycles. The second-order valence-electron chi connectivity index (χ2n) is 13.1. The number of anilines is 2. The van der Waals surface area contributed by atoms with Crippen LogP contribution in [-0.2, 0) is 15.7 Å². The van der Waals surface area contributed by atoms with Gasteiger partial charge < -0.3 is 26.0 Å². The van der Waals surface area contributed by atoms with Crippen molar-refractivity contribution in [2.24, 2.45) is 10.7 Å². The quantitative estimate of drug-likeness (QED) is 0.189. The maximum absolute atomic E-state index is 15.3. The molecule has 3 aromatic rings. The van der Waals surface area contributed by atoms with Crippen molar-refractivity contribution >= 4 is 46.0 Å². The van der Waals surface area contributed by atoms with Crippen molar-refractivity contribution in [3.63, 3.8) is 0 Å². The predicted molar refractivity (Wildman–Crippen MR) is 187 cm³/mol. The normalized spacial score (nSPS) is 17.1. The molecule has 1 saturated heterocycles. The van der Waals surface area contributed by atoms with Gasteiger partial charge in [0.2, 0.25) is 0 Å². The smallest absolute Gasteiger partial charge is 0.407 e. The van der Waals surface area contributed by atoms with E-state index >= 15 is 4.39 Å². The van der Waals surface area contributed by atoms with Crippen molar-refractivity contribution in [1.29, 1.82) is 0 Å². The number of allylic oxidation sites excluding steroid dienone is 1. The van der Waals surface area contributed by atoms with Crippen LogP contribution in [0.1, 0.15) is 57.6 Å². The summed E-state index contributed by atoms with van der Waals surface area (Å²) in [5, 5.41) is 5.73. The van der Waals surface area contributed by atoms with Crippen molar-refractivity contribution in [3.05, 3.63) is 70.0 Å². The Morgan fingerprint density at radius 1 is 1.17 bits per heavy atom. The van der Waals surface area contributed by atoms with Crippen molar-refractivity contribution in [2.45, 2.75) is 69.9 Å². The van der Waals surface area contributed by atoms with Gasteiger partial charge in [-0.05, 0) is 90.3 Å². The van der Waals surface area contributed by atoms with E-state index in [1.165, 1.54) is 22.7 Å². The van der Waals surface area contributed by atoms with Crippen LogP contribution in [0.3, 0.4) is 0 Å². The molecule has 2 fully saturated rings. The third-order valence-corrected chi connectivity index (χ3v) is 9.55. The summed E-state index contributed by atoms with van der Waals surface area (Å²) in [6.45, 7) is 11.2. The number of amides is 1. The first-order valence-corrected chi connectivity index (χ1v) is 17.4. The number of carbonyl (C=O) groups excluding carboxylic acids is 1. The zero-order valence-corrected chi connectivity index (χ0v) is 28.8. The van der Waals surface area contributed by atoms with Gasteiger partial charge in [-0.3, -0.25) is 14.2 Å². The third kappa shape index (κ3) is 9.26. The first-order valence-electron chi connectivity index (χ1n) is 16.3. The number of rotatable bonds is 12. The molecule has 5 rings (SSSR count). The molecule has 0 radical (unpaired) electrons. The maximum atomic E-state index is 15.3. The van der Waals surface area contributed by atoms with Crippen LogP contribution < -0.4 is 21.9 Å². The number of fused-ring (bicyclic) bond motifs is 1. The van der Waals surface area contributed by atoms with Gasteiger partial charge in [-0.15, -0.1) is 0 Å². The highest BCUT2D eigenvalue weighted by Gasteiger charge is 2.23. The number of nitrogens with one attached hydrogen (secondary N) is 2. The fourth-order valence-corrected chi connectivity index (χ4v) is 6.39. The molecule has 12 nitrogen and oxygen atoms in total. The summed E-state index contributed by atoms with van der Waals surface area (Å²) in [5.41, 5.74) is 7.29. The summed E-state index contributed by atoms with van der Waals surface area (Å²) in [6.07, 6.45) is 8.36. The van der Waals surface area contributed by atoms with Crippen molar-refractivity contribution < 1.29 is 18.1 Å². The van der Waals surface area contributed by atoms with E-state index in [0.29, 0.717) is 47.4 Å². The Hall–Kier alpha value is -4.14. The number of aliphatic imine (C=N–C) groups is 1. The number of halogens is 1. The molecule has 0 bridgehead atoms. The lowest BCUT2D eigenvalue weighted by atomic mass is 10.1. The van der Waals surface area contributed by atoms with Gasteiger partial charge in [-0.1, -0.05) is 0 Å². The highest BCUT2D eigenvalue weighted by atomic mass is 32.2. The molecule has 48 heavy (non-hydrogen) atoms. The van der Waals surface area contributed by atoms with Crippen molar-refractivity contribution in [1.82, 2.24) is 23.9 Å². The summed E-state index contributed by atoms with van der Waals surface area (Å²) < 4.78 is 37.2. The minimum absolute atomic E-state index is 0.127. The molecule has 3 heterocycles. The first kappa shape index (κ1) is 35.2. The lowest BCUT2D eigenvalue weighted by Gasteiger charge is -2.33. The molecule has 1 saturated carbocycles. The van der Waals surface area contributed by atoms with Gasteiger partial charge in [0.15, 0.2) is 0 Å². The highest BCUT2D eigenvalue weighted by molar-refractivity contribution is 7.82. The van der Waals surface area contributed by atoms with Crippen LogP contribution >= 0.6 is 0 Å². The van der Waals surface area contributed by atoms with Gasteiger partial charge in [-0.2, -0.15) is 0 Å². The fraction of sp³-hybridized carbons (Fsp3) is 0.471. The Balaban J connectivity index is 1.15. The number of piperazine rings is 1. The molecular formula is C34H45FN8O4S. The Morgan fingerprint density at radius 2 is 1.92 bits per heavy atom. The lowest BCUT2D eigenvalue weighted by Crippen LogP contribution is -2.47. The van der Waals surface area contributed by atoms with E-state index in [1.807, 2.05) is 31.1 Å². The van der Waals surface area contributed by atoms with Gasteiger partial charge >= 0.3 is 6.09 Å². The Kier molecular flexibility index (Phi) is 11.3. The topological polar surface area (TPSA) is 147 Å². The standard InChI is InChI=1S/C34H45FN8O4S/c1-23-31(40-30-12-7-24(22-43(30)32(23)44)25(20-36)21-38-26-8-9-26)39-29-11-10-27(19-28(29)35)48(46)42-17-15-41(16-18-42)14-6-5-13-37-33(45)47-34(2,3)4/h7,10-12,19-22,26,39H,5-6,8-9,13-18,36H2,1-4H3,(H,37,45)/b25-20+,38-21?. The molecule has 1 aromatic carbocycles. The number of aromatic nitrogens is 2. The number of unbranched alkanes of at least 4 members (excludes halogenated alkanes) is 1. The summed E-state index contributed by atoms with van der Waals surface area (Å²) in [6, 6.07) is 8.29. The van der Waals surface area contributed by atoms with Crippen molar-refractivity contribution in [3.8, 4) is 0 Å². The molecular weight excluding hydrogens is 635 g/mol. The zero-order chi connectivity index (χ0) is 34.4. The van der Waals surface area contributed by atoms with E-state index < -0.39 is 28.5 Å². The average Bonchev–Trinajstić information content (AvgIpc) is 3.88. The monoisotopic (exact) mass is 680 g/mol. The number of nitrogens with zero attached hydrogens (tertiary/aromatic N) is 5. The number of carbonyl (C=O) groups is 1.